The third kappa shape index (κ3) is 1.97. The summed E-state index contributed by atoms with van der Waals surface area (Å²) in [5, 5.41) is 14.6. The largest absolute Gasteiger partial charge is 0.394 e. The summed E-state index contributed by atoms with van der Waals surface area (Å²) < 4.78 is 0. The molecule has 1 aliphatic heterocycles. The van der Waals surface area contributed by atoms with Crippen molar-refractivity contribution in [2.24, 2.45) is 0 Å². The van der Waals surface area contributed by atoms with Crippen LogP contribution in [-0.2, 0) is 9.59 Å². The van der Waals surface area contributed by atoms with E-state index in [9.17, 15) is 14.7 Å². The number of amides is 2. The standard InChI is InChI=1S/C10H16N2O3/c13-6-10(4-1-5-10)12-9(15)7-2-3-8(14)11-7/h7,13H,1-6H2,(H,11,14)(H,12,15). The number of hydrogen-bond donors (Lipinski definition) is 3. The van der Waals surface area contributed by atoms with Crippen LogP contribution in [0.15, 0.2) is 0 Å². The number of carbonyl (C=O) groups is 2. The van der Waals surface area contributed by atoms with E-state index in [1.807, 2.05) is 0 Å². The first-order chi connectivity index (χ1) is 7.15. The maximum atomic E-state index is 11.7. The van der Waals surface area contributed by atoms with Gasteiger partial charge in [0.05, 0.1) is 12.1 Å². The molecule has 0 aromatic heterocycles. The van der Waals surface area contributed by atoms with Crippen molar-refractivity contribution in [2.75, 3.05) is 6.61 Å². The Hall–Kier alpha value is -1.10. The second kappa shape index (κ2) is 3.81. The van der Waals surface area contributed by atoms with Gasteiger partial charge in [-0.05, 0) is 25.7 Å². The van der Waals surface area contributed by atoms with E-state index in [4.69, 9.17) is 0 Å². The average Bonchev–Trinajstić information content (AvgIpc) is 2.58. The number of hydrogen-bond acceptors (Lipinski definition) is 3. The lowest BCUT2D eigenvalue weighted by molar-refractivity contribution is -0.128. The third-order valence-corrected chi connectivity index (χ3v) is 3.31. The van der Waals surface area contributed by atoms with E-state index < -0.39 is 11.6 Å². The molecule has 15 heavy (non-hydrogen) atoms. The van der Waals surface area contributed by atoms with Crippen LogP contribution in [0.4, 0.5) is 0 Å². The van der Waals surface area contributed by atoms with Crippen molar-refractivity contribution in [1.82, 2.24) is 10.6 Å². The van der Waals surface area contributed by atoms with Gasteiger partial charge in [0.1, 0.15) is 6.04 Å². The van der Waals surface area contributed by atoms with Gasteiger partial charge < -0.3 is 15.7 Å². The Labute approximate surface area is 88.2 Å². The molecule has 84 valence electrons. The maximum Gasteiger partial charge on any atom is 0.243 e. The number of carbonyl (C=O) groups excluding carboxylic acids is 2. The van der Waals surface area contributed by atoms with Gasteiger partial charge in [-0.25, -0.2) is 0 Å². The molecule has 0 radical (unpaired) electrons. The zero-order valence-electron chi connectivity index (χ0n) is 8.58. The van der Waals surface area contributed by atoms with Gasteiger partial charge in [-0.2, -0.15) is 0 Å². The Morgan fingerprint density at radius 1 is 1.60 bits per heavy atom. The molecule has 0 spiro atoms. The van der Waals surface area contributed by atoms with Crippen LogP contribution < -0.4 is 10.6 Å². The van der Waals surface area contributed by atoms with Crippen molar-refractivity contribution < 1.29 is 14.7 Å². The lowest BCUT2D eigenvalue weighted by Gasteiger charge is -2.41. The smallest absolute Gasteiger partial charge is 0.243 e. The van der Waals surface area contributed by atoms with E-state index in [2.05, 4.69) is 10.6 Å². The monoisotopic (exact) mass is 212 g/mol. The predicted octanol–water partition coefficient (Wildman–Crippen LogP) is -0.704. The molecule has 5 heteroatoms. The topological polar surface area (TPSA) is 78.4 Å². The van der Waals surface area contributed by atoms with Gasteiger partial charge in [0.15, 0.2) is 0 Å². The van der Waals surface area contributed by atoms with Gasteiger partial charge >= 0.3 is 0 Å². The van der Waals surface area contributed by atoms with E-state index in [0.717, 1.165) is 19.3 Å². The second-order valence-corrected chi connectivity index (χ2v) is 4.44. The highest BCUT2D eigenvalue weighted by Gasteiger charge is 2.40. The third-order valence-electron chi connectivity index (χ3n) is 3.31. The van der Waals surface area contributed by atoms with Crippen molar-refractivity contribution in [3.8, 4) is 0 Å². The van der Waals surface area contributed by atoms with E-state index in [-0.39, 0.29) is 18.4 Å². The molecule has 1 atom stereocenters. The summed E-state index contributed by atoms with van der Waals surface area (Å²) in [6.45, 7) is -0.0145. The molecule has 2 aliphatic rings. The summed E-state index contributed by atoms with van der Waals surface area (Å²) >= 11 is 0. The van der Waals surface area contributed by atoms with Gasteiger partial charge in [-0.3, -0.25) is 9.59 Å². The van der Waals surface area contributed by atoms with Crippen LogP contribution >= 0.6 is 0 Å². The van der Waals surface area contributed by atoms with Crippen molar-refractivity contribution in [3.05, 3.63) is 0 Å². The first-order valence-corrected chi connectivity index (χ1v) is 5.37. The Kier molecular flexibility index (Phi) is 2.65. The van der Waals surface area contributed by atoms with Crippen LogP contribution in [-0.4, -0.2) is 35.1 Å². The number of rotatable bonds is 3. The molecule has 0 aromatic rings. The Bertz CT molecular complexity index is 281. The molecular weight excluding hydrogens is 196 g/mol. The molecular formula is C10H16N2O3. The molecule has 0 aromatic carbocycles. The molecule has 1 heterocycles. The van der Waals surface area contributed by atoms with Crippen LogP contribution in [0, 0.1) is 0 Å². The van der Waals surface area contributed by atoms with Gasteiger partial charge in [0.25, 0.3) is 0 Å². The van der Waals surface area contributed by atoms with E-state index in [0.29, 0.717) is 12.8 Å². The molecule has 2 amide bonds. The molecule has 1 aliphatic carbocycles. The quantitative estimate of drug-likeness (QED) is 0.578. The zero-order valence-corrected chi connectivity index (χ0v) is 8.58. The second-order valence-electron chi connectivity index (χ2n) is 4.44. The van der Waals surface area contributed by atoms with Crippen LogP contribution in [0.25, 0.3) is 0 Å². The summed E-state index contributed by atoms with van der Waals surface area (Å²) in [4.78, 5) is 22.7. The van der Waals surface area contributed by atoms with E-state index >= 15 is 0 Å². The molecule has 1 saturated heterocycles. The van der Waals surface area contributed by atoms with Gasteiger partial charge in [-0.1, -0.05) is 0 Å². The van der Waals surface area contributed by atoms with Crippen molar-refractivity contribution in [1.29, 1.82) is 0 Å². The minimum absolute atomic E-state index is 0.0145. The lowest BCUT2D eigenvalue weighted by atomic mass is 9.77. The Morgan fingerprint density at radius 2 is 2.33 bits per heavy atom. The number of aliphatic hydroxyl groups is 1. The van der Waals surface area contributed by atoms with E-state index in [1.165, 1.54) is 0 Å². The molecule has 3 N–H and O–H groups in total. The average molecular weight is 212 g/mol. The maximum absolute atomic E-state index is 11.7. The molecule has 1 saturated carbocycles. The van der Waals surface area contributed by atoms with Crippen LogP contribution in [0.3, 0.4) is 0 Å². The molecule has 0 bridgehead atoms. The fourth-order valence-corrected chi connectivity index (χ4v) is 2.09. The fraction of sp³-hybridized carbons (Fsp3) is 0.800. The molecule has 1 unspecified atom stereocenters. The van der Waals surface area contributed by atoms with Crippen molar-refractivity contribution >= 4 is 11.8 Å². The SMILES string of the molecule is O=C1CCC(C(=O)NC2(CO)CCC2)N1. The highest BCUT2D eigenvalue weighted by atomic mass is 16.3. The van der Waals surface area contributed by atoms with E-state index in [1.54, 1.807) is 0 Å². The Morgan fingerprint density at radius 3 is 2.73 bits per heavy atom. The molecule has 2 fully saturated rings. The van der Waals surface area contributed by atoms with Gasteiger partial charge in [0, 0.05) is 6.42 Å². The number of nitrogens with one attached hydrogen (secondary N) is 2. The predicted molar refractivity (Wildman–Crippen MR) is 53.0 cm³/mol. The Balaban J connectivity index is 1.89. The van der Waals surface area contributed by atoms with Gasteiger partial charge in [-0.15, -0.1) is 0 Å². The zero-order chi connectivity index (χ0) is 10.9. The van der Waals surface area contributed by atoms with Crippen LogP contribution in [0.2, 0.25) is 0 Å². The molecule has 2 rings (SSSR count). The van der Waals surface area contributed by atoms with Crippen molar-refractivity contribution in [2.45, 2.75) is 43.7 Å². The summed E-state index contributed by atoms with van der Waals surface area (Å²) in [7, 11) is 0. The first kappa shape index (κ1) is 10.4. The minimum Gasteiger partial charge on any atom is -0.394 e. The highest BCUT2D eigenvalue weighted by Crippen LogP contribution is 2.31. The highest BCUT2D eigenvalue weighted by molar-refractivity contribution is 5.91. The van der Waals surface area contributed by atoms with Crippen LogP contribution in [0.5, 0.6) is 0 Å². The summed E-state index contributed by atoms with van der Waals surface area (Å²) in [5.74, 6) is -0.226. The summed E-state index contributed by atoms with van der Waals surface area (Å²) in [6.07, 6.45) is 3.68. The van der Waals surface area contributed by atoms with Crippen LogP contribution in [0.1, 0.15) is 32.1 Å². The van der Waals surface area contributed by atoms with Crippen molar-refractivity contribution in [3.63, 3.8) is 0 Å². The summed E-state index contributed by atoms with van der Waals surface area (Å²) in [6, 6.07) is -0.401. The summed E-state index contributed by atoms with van der Waals surface area (Å²) in [5.41, 5.74) is -0.412. The van der Waals surface area contributed by atoms with Gasteiger partial charge in [0.2, 0.25) is 11.8 Å². The normalized spacial score (nSPS) is 28.1. The number of aliphatic hydroxyl groups excluding tert-OH is 1. The molecule has 5 nitrogen and oxygen atoms in total. The lowest BCUT2D eigenvalue weighted by Crippen LogP contribution is -2.59. The fourth-order valence-electron chi connectivity index (χ4n) is 2.09. The minimum atomic E-state index is -0.412. The first-order valence-electron chi connectivity index (χ1n) is 5.37.